The SMILES string of the molecule is CCCC1CCN(c2ncc(CNCCOC)s2)C1. The van der Waals surface area contributed by atoms with Gasteiger partial charge in [0.2, 0.25) is 0 Å². The highest BCUT2D eigenvalue weighted by Gasteiger charge is 2.23. The first kappa shape index (κ1) is 14.8. The molecule has 1 aromatic heterocycles. The van der Waals surface area contributed by atoms with E-state index in [0.717, 1.165) is 25.6 Å². The Bertz CT molecular complexity index is 369. The zero-order chi connectivity index (χ0) is 13.5. The fraction of sp³-hybridized carbons (Fsp3) is 0.786. The molecule has 1 aromatic rings. The normalized spacial score (nSPS) is 19.3. The Balaban J connectivity index is 1.77. The first-order valence-corrected chi connectivity index (χ1v) is 8.04. The summed E-state index contributed by atoms with van der Waals surface area (Å²) in [7, 11) is 1.73. The van der Waals surface area contributed by atoms with E-state index in [9.17, 15) is 0 Å². The van der Waals surface area contributed by atoms with Gasteiger partial charge in [0.25, 0.3) is 0 Å². The smallest absolute Gasteiger partial charge is 0.185 e. The summed E-state index contributed by atoms with van der Waals surface area (Å²) in [5.74, 6) is 0.872. The average molecular weight is 283 g/mol. The molecular formula is C14H25N3OS. The number of hydrogen-bond donors (Lipinski definition) is 1. The summed E-state index contributed by atoms with van der Waals surface area (Å²) in [4.78, 5) is 8.32. The largest absolute Gasteiger partial charge is 0.383 e. The maximum Gasteiger partial charge on any atom is 0.185 e. The van der Waals surface area contributed by atoms with E-state index in [1.807, 2.05) is 17.5 Å². The monoisotopic (exact) mass is 283 g/mol. The van der Waals surface area contributed by atoms with Crippen molar-refractivity contribution < 1.29 is 4.74 Å². The number of ether oxygens (including phenoxy) is 1. The Hall–Kier alpha value is -0.650. The predicted octanol–water partition coefficient (Wildman–Crippen LogP) is 2.51. The highest BCUT2D eigenvalue weighted by Crippen LogP contribution is 2.29. The number of rotatable bonds is 8. The Morgan fingerprint density at radius 3 is 3.26 bits per heavy atom. The zero-order valence-electron chi connectivity index (χ0n) is 12.0. The third kappa shape index (κ3) is 4.44. The van der Waals surface area contributed by atoms with Crippen LogP contribution in [0.5, 0.6) is 0 Å². The quantitative estimate of drug-likeness (QED) is 0.744. The maximum absolute atomic E-state index is 5.02. The fourth-order valence-electron chi connectivity index (χ4n) is 2.56. The molecule has 0 bridgehead atoms. The van der Waals surface area contributed by atoms with Gasteiger partial charge in [0.15, 0.2) is 5.13 Å². The summed E-state index contributed by atoms with van der Waals surface area (Å²) < 4.78 is 5.02. The van der Waals surface area contributed by atoms with Gasteiger partial charge in [-0.15, -0.1) is 11.3 Å². The molecule has 0 radical (unpaired) electrons. The maximum atomic E-state index is 5.02. The average Bonchev–Trinajstić information content (AvgIpc) is 3.04. The first-order valence-electron chi connectivity index (χ1n) is 7.22. The van der Waals surface area contributed by atoms with E-state index < -0.39 is 0 Å². The molecule has 0 spiro atoms. The molecule has 1 fully saturated rings. The van der Waals surface area contributed by atoms with Gasteiger partial charge in [-0.2, -0.15) is 0 Å². The number of aromatic nitrogens is 1. The lowest BCUT2D eigenvalue weighted by molar-refractivity contribution is 0.199. The molecule has 0 saturated carbocycles. The highest BCUT2D eigenvalue weighted by atomic mass is 32.1. The van der Waals surface area contributed by atoms with Gasteiger partial charge < -0.3 is 15.0 Å². The van der Waals surface area contributed by atoms with Crippen LogP contribution in [0.25, 0.3) is 0 Å². The first-order chi connectivity index (χ1) is 9.33. The molecule has 2 rings (SSSR count). The van der Waals surface area contributed by atoms with Crippen molar-refractivity contribution in [2.45, 2.75) is 32.7 Å². The molecule has 2 heterocycles. The lowest BCUT2D eigenvalue weighted by atomic mass is 10.0. The molecule has 1 aliphatic rings. The van der Waals surface area contributed by atoms with E-state index in [1.54, 1.807) is 7.11 Å². The number of nitrogens with zero attached hydrogens (tertiary/aromatic N) is 2. The van der Waals surface area contributed by atoms with Crippen LogP contribution in [0, 0.1) is 5.92 Å². The zero-order valence-corrected chi connectivity index (χ0v) is 12.8. The lowest BCUT2D eigenvalue weighted by Crippen LogP contribution is -2.19. The van der Waals surface area contributed by atoms with Crippen LogP contribution in [0.3, 0.4) is 0 Å². The third-order valence-electron chi connectivity index (χ3n) is 3.58. The van der Waals surface area contributed by atoms with E-state index in [2.05, 4.69) is 22.1 Å². The summed E-state index contributed by atoms with van der Waals surface area (Å²) in [5.41, 5.74) is 0. The van der Waals surface area contributed by atoms with Crippen LogP contribution in [-0.4, -0.2) is 38.3 Å². The van der Waals surface area contributed by atoms with Gasteiger partial charge in [-0.3, -0.25) is 0 Å². The minimum Gasteiger partial charge on any atom is -0.383 e. The number of anilines is 1. The second-order valence-corrected chi connectivity index (χ2v) is 6.26. The van der Waals surface area contributed by atoms with Crippen LogP contribution in [0.4, 0.5) is 5.13 Å². The number of methoxy groups -OCH3 is 1. The minimum absolute atomic E-state index is 0.760. The van der Waals surface area contributed by atoms with Gasteiger partial charge in [0.05, 0.1) is 6.61 Å². The topological polar surface area (TPSA) is 37.4 Å². The summed E-state index contributed by atoms with van der Waals surface area (Å²) in [5, 5.41) is 4.56. The van der Waals surface area contributed by atoms with Gasteiger partial charge >= 0.3 is 0 Å². The molecule has 1 saturated heterocycles. The van der Waals surface area contributed by atoms with Gasteiger partial charge in [0, 0.05) is 44.4 Å². The van der Waals surface area contributed by atoms with E-state index in [1.165, 1.54) is 42.4 Å². The summed E-state index contributed by atoms with van der Waals surface area (Å²) >= 11 is 1.82. The molecule has 1 atom stereocenters. The molecule has 19 heavy (non-hydrogen) atoms. The Morgan fingerprint density at radius 2 is 2.47 bits per heavy atom. The van der Waals surface area contributed by atoms with Crippen LogP contribution in [-0.2, 0) is 11.3 Å². The van der Waals surface area contributed by atoms with Gasteiger partial charge in [-0.1, -0.05) is 13.3 Å². The number of nitrogens with one attached hydrogen (secondary N) is 1. The Labute approximate surface area is 120 Å². The van der Waals surface area contributed by atoms with E-state index >= 15 is 0 Å². The molecule has 1 N–H and O–H groups in total. The van der Waals surface area contributed by atoms with Crippen LogP contribution < -0.4 is 10.2 Å². The van der Waals surface area contributed by atoms with Crippen molar-refractivity contribution in [1.82, 2.24) is 10.3 Å². The van der Waals surface area contributed by atoms with Crippen molar-refractivity contribution >= 4 is 16.5 Å². The summed E-state index contributed by atoms with van der Waals surface area (Å²) in [6, 6.07) is 0. The van der Waals surface area contributed by atoms with Crippen LogP contribution in [0.15, 0.2) is 6.20 Å². The second kappa shape index (κ2) is 7.82. The fourth-order valence-corrected chi connectivity index (χ4v) is 3.48. The van der Waals surface area contributed by atoms with Crippen molar-refractivity contribution in [2.24, 2.45) is 5.92 Å². The van der Waals surface area contributed by atoms with Crippen molar-refractivity contribution in [3.05, 3.63) is 11.1 Å². The molecule has 4 nitrogen and oxygen atoms in total. The van der Waals surface area contributed by atoms with Crippen molar-refractivity contribution in [3.8, 4) is 0 Å². The standard InChI is InChI=1S/C14H25N3OS/c1-3-4-12-5-7-17(11-12)14-16-10-13(19-14)9-15-6-8-18-2/h10,12,15H,3-9,11H2,1-2H3. The Kier molecular flexibility index (Phi) is 6.07. The summed E-state index contributed by atoms with van der Waals surface area (Å²) in [6.45, 7) is 7.19. The lowest BCUT2D eigenvalue weighted by Gasteiger charge is -2.14. The van der Waals surface area contributed by atoms with E-state index in [-0.39, 0.29) is 0 Å². The van der Waals surface area contributed by atoms with Gasteiger partial charge in [0.1, 0.15) is 0 Å². The molecule has 1 unspecified atom stereocenters. The van der Waals surface area contributed by atoms with E-state index in [0.29, 0.717) is 0 Å². The molecule has 108 valence electrons. The van der Waals surface area contributed by atoms with Gasteiger partial charge in [-0.05, 0) is 18.8 Å². The molecule has 5 heteroatoms. The predicted molar refractivity (Wildman–Crippen MR) is 80.9 cm³/mol. The van der Waals surface area contributed by atoms with E-state index in [4.69, 9.17) is 4.74 Å². The second-order valence-electron chi connectivity index (χ2n) is 5.17. The summed E-state index contributed by atoms with van der Waals surface area (Å²) in [6.07, 6.45) is 5.99. The molecule has 0 amide bonds. The number of hydrogen-bond acceptors (Lipinski definition) is 5. The minimum atomic E-state index is 0.760. The van der Waals surface area contributed by atoms with Crippen molar-refractivity contribution in [3.63, 3.8) is 0 Å². The molecule has 0 aliphatic carbocycles. The van der Waals surface area contributed by atoms with Gasteiger partial charge in [-0.25, -0.2) is 4.98 Å². The van der Waals surface area contributed by atoms with Crippen molar-refractivity contribution in [2.75, 3.05) is 38.3 Å². The molecule has 1 aliphatic heterocycles. The van der Waals surface area contributed by atoms with Crippen molar-refractivity contribution in [1.29, 1.82) is 0 Å². The molecular weight excluding hydrogens is 258 g/mol. The van der Waals surface area contributed by atoms with Crippen LogP contribution in [0.1, 0.15) is 31.1 Å². The number of thiazole rings is 1. The Morgan fingerprint density at radius 1 is 1.58 bits per heavy atom. The van der Waals surface area contributed by atoms with Crippen LogP contribution >= 0.6 is 11.3 Å². The third-order valence-corrected chi connectivity index (χ3v) is 4.63. The highest BCUT2D eigenvalue weighted by molar-refractivity contribution is 7.15. The van der Waals surface area contributed by atoms with Crippen LogP contribution in [0.2, 0.25) is 0 Å². The molecule has 0 aromatic carbocycles.